The van der Waals surface area contributed by atoms with Gasteiger partial charge in [-0.05, 0) is 18.3 Å². The maximum atomic E-state index is 3.28. The van der Waals surface area contributed by atoms with Gasteiger partial charge in [-0.1, -0.05) is 137 Å². The van der Waals surface area contributed by atoms with E-state index >= 15 is 0 Å². The van der Waals surface area contributed by atoms with E-state index in [0.717, 1.165) is 24.7 Å². The Balaban J connectivity index is 3.62. The van der Waals surface area contributed by atoms with Gasteiger partial charge in [0.15, 0.2) is 0 Å². The molecule has 0 rings (SSSR count). The van der Waals surface area contributed by atoms with Crippen LogP contribution in [-0.2, 0) is 0 Å². The van der Waals surface area contributed by atoms with Crippen molar-refractivity contribution in [3.8, 4) is 11.8 Å². The minimum absolute atomic E-state index is 0.915. The fourth-order valence-corrected chi connectivity index (χ4v) is 4.30. The van der Waals surface area contributed by atoms with Crippen LogP contribution in [0.15, 0.2) is 0 Å². The molecule has 0 saturated heterocycles. The highest BCUT2D eigenvalue weighted by Crippen LogP contribution is 2.27. The van der Waals surface area contributed by atoms with Crippen molar-refractivity contribution in [2.45, 2.75) is 156 Å². The molecule has 0 spiro atoms. The molecule has 0 radical (unpaired) electrons. The summed E-state index contributed by atoms with van der Waals surface area (Å²) in [6.07, 6.45) is 28.0. The lowest BCUT2D eigenvalue weighted by molar-refractivity contribution is 0.288. The Morgan fingerprint density at radius 3 is 1.46 bits per heavy atom. The van der Waals surface area contributed by atoms with Crippen LogP contribution in [0.5, 0.6) is 0 Å². The molecule has 0 heterocycles. The SMILES string of the molecule is CCC#CCCCCCCC(CCCCCCCCCCCCC)C(C)CC. The van der Waals surface area contributed by atoms with Gasteiger partial charge in [0, 0.05) is 12.8 Å². The summed E-state index contributed by atoms with van der Waals surface area (Å²) in [4.78, 5) is 0. The molecule has 0 bridgehead atoms. The standard InChI is InChI=1S/C28H54/c1-5-8-10-12-14-16-17-18-20-22-24-26-28(27(4)7-3)25-23-21-19-15-13-11-9-6-2/h27-28H,5-8,10,12-26H2,1-4H3. The Labute approximate surface area is 180 Å². The molecule has 2 atom stereocenters. The van der Waals surface area contributed by atoms with E-state index in [2.05, 4.69) is 39.5 Å². The van der Waals surface area contributed by atoms with E-state index in [4.69, 9.17) is 0 Å². The lowest BCUT2D eigenvalue weighted by Crippen LogP contribution is -2.11. The Morgan fingerprint density at radius 1 is 0.536 bits per heavy atom. The number of hydrogen-bond acceptors (Lipinski definition) is 0. The molecule has 0 heteroatoms. The van der Waals surface area contributed by atoms with Gasteiger partial charge in [0.05, 0.1) is 0 Å². The molecule has 0 aromatic heterocycles. The van der Waals surface area contributed by atoms with Crippen molar-refractivity contribution < 1.29 is 0 Å². The van der Waals surface area contributed by atoms with Crippen molar-refractivity contribution in [1.29, 1.82) is 0 Å². The molecule has 166 valence electrons. The molecule has 0 aliphatic heterocycles. The van der Waals surface area contributed by atoms with E-state index in [-0.39, 0.29) is 0 Å². The molecule has 2 unspecified atom stereocenters. The smallest absolute Gasteiger partial charge is 0.00886 e. The molecular formula is C28H54. The minimum Gasteiger partial charge on any atom is -0.104 e. The molecule has 0 nitrogen and oxygen atoms in total. The summed E-state index contributed by atoms with van der Waals surface area (Å²) < 4.78 is 0. The van der Waals surface area contributed by atoms with Crippen molar-refractivity contribution in [2.24, 2.45) is 11.8 Å². The molecule has 0 aromatic rings. The van der Waals surface area contributed by atoms with Gasteiger partial charge in [0.25, 0.3) is 0 Å². The van der Waals surface area contributed by atoms with E-state index in [1.54, 1.807) is 0 Å². The molecular weight excluding hydrogens is 336 g/mol. The van der Waals surface area contributed by atoms with Gasteiger partial charge in [-0.3, -0.25) is 0 Å². The van der Waals surface area contributed by atoms with Crippen molar-refractivity contribution in [1.82, 2.24) is 0 Å². The molecule has 0 N–H and O–H groups in total. The first kappa shape index (κ1) is 27.6. The van der Waals surface area contributed by atoms with E-state index in [9.17, 15) is 0 Å². The monoisotopic (exact) mass is 390 g/mol. The second kappa shape index (κ2) is 22.8. The highest BCUT2D eigenvalue weighted by molar-refractivity contribution is 4.97. The zero-order valence-corrected chi connectivity index (χ0v) is 20.3. The van der Waals surface area contributed by atoms with Crippen LogP contribution in [0.4, 0.5) is 0 Å². The summed E-state index contributed by atoms with van der Waals surface area (Å²) in [5.74, 6) is 8.35. The van der Waals surface area contributed by atoms with E-state index in [1.165, 1.54) is 116 Å². The topological polar surface area (TPSA) is 0 Å². The number of unbranched alkanes of at least 4 members (excludes halogenated alkanes) is 14. The van der Waals surface area contributed by atoms with Crippen LogP contribution in [0, 0.1) is 23.7 Å². The predicted octanol–water partition coefficient (Wildman–Crippen LogP) is 10.1. The fraction of sp³-hybridized carbons (Fsp3) is 0.929. The number of hydrogen-bond donors (Lipinski definition) is 0. The molecule has 0 aliphatic rings. The summed E-state index contributed by atoms with van der Waals surface area (Å²) in [7, 11) is 0. The number of rotatable bonds is 20. The maximum Gasteiger partial charge on any atom is 0.00886 e. The summed E-state index contributed by atoms with van der Waals surface area (Å²) in [5.41, 5.74) is 0. The molecule has 28 heavy (non-hydrogen) atoms. The van der Waals surface area contributed by atoms with Crippen LogP contribution in [0.1, 0.15) is 156 Å². The molecule has 0 aliphatic carbocycles. The Kier molecular flexibility index (Phi) is 22.5. The average Bonchev–Trinajstić information content (AvgIpc) is 2.71. The van der Waals surface area contributed by atoms with Crippen LogP contribution >= 0.6 is 0 Å². The average molecular weight is 391 g/mol. The Bertz CT molecular complexity index is 345. The van der Waals surface area contributed by atoms with Gasteiger partial charge < -0.3 is 0 Å². The lowest BCUT2D eigenvalue weighted by atomic mass is 9.83. The van der Waals surface area contributed by atoms with Gasteiger partial charge in [0.1, 0.15) is 0 Å². The second-order valence-corrected chi connectivity index (χ2v) is 9.13. The normalized spacial score (nSPS) is 13.1. The van der Waals surface area contributed by atoms with Crippen LogP contribution in [0.25, 0.3) is 0 Å². The van der Waals surface area contributed by atoms with E-state index < -0.39 is 0 Å². The first-order valence-corrected chi connectivity index (χ1v) is 13.2. The zero-order valence-electron chi connectivity index (χ0n) is 20.3. The van der Waals surface area contributed by atoms with Crippen LogP contribution in [0.3, 0.4) is 0 Å². The predicted molar refractivity (Wildman–Crippen MR) is 130 cm³/mol. The third-order valence-electron chi connectivity index (χ3n) is 6.56. The van der Waals surface area contributed by atoms with Crippen molar-refractivity contribution in [3.05, 3.63) is 0 Å². The fourth-order valence-electron chi connectivity index (χ4n) is 4.30. The first-order valence-electron chi connectivity index (χ1n) is 13.2. The van der Waals surface area contributed by atoms with Crippen LogP contribution in [-0.4, -0.2) is 0 Å². The summed E-state index contributed by atoms with van der Waals surface area (Å²) in [6, 6.07) is 0. The molecule has 0 aromatic carbocycles. The van der Waals surface area contributed by atoms with Gasteiger partial charge in [-0.2, -0.15) is 0 Å². The van der Waals surface area contributed by atoms with Crippen molar-refractivity contribution in [3.63, 3.8) is 0 Å². The van der Waals surface area contributed by atoms with Gasteiger partial charge >= 0.3 is 0 Å². The van der Waals surface area contributed by atoms with E-state index in [0.29, 0.717) is 0 Å². The van der Waals surface area contributed by atoms with Crippen LogP contribution in [0.2, 0.25) is 0 Å². The third-order valence-corrected chi connectivity index (χ3v) is 6.56. The summed E-state index contributed by atoms with van der Waals surface area (Å²) in [5, 5.41) is 0. The van der Waals surface area contributed by atoms with Crippen LogP contribution < -0.4 is 0 Å². The maximum absolute atomic E-state index is 3.28. The van der Waals surface area contributed by atoms with Gasteiger partial charge in [-0.15, -0.1) is 11.8 Å². The first-order chi connectivity index (χ1) is 13.8. The molecule has 0 fully saturated rings. The van der Waals surface area contributed by atoms with Gasteiger partial charge in [-0.25, -0.2) is 0 Å². The zero-order chi connectivity index (χ0) is 20.7. The highest BCUT2D eigenvalue weighted by atomic mass is 14.2. The minimum atomic E-state index is 0.915. The lowest BCUT2D eigenvalue weighted by Gasteiger charge is -2.23. The summed E-state index contributed by atoms with van der Waals surface area (Å²) >= 11 is 0. The third kappa shape index (κ3) is 18.9. The Morgan fingerprint density at radius 2 is 1.00 bits per heavy atom. The van der Waals surface area contributed by atoms with Crippen molar-refractivity contribution >= 4 is 0 Å². The highest BCUT2D eigenvalue weighted by Gasteiger charge is 2.14. The molecule has 0 saturated carbocycles. The second-order valence-electron chi connectivity index (χ2n) is 9.13. The van der Waals surface area contributed by atoms with E-state index in [1.807, 2.05) is 0 Å². The van der Waals surface area contributed by atoms with Gasteiger partial charge in [0.2, 0.25) is 0 Å². The molecule has 0 amide bonds. The summed E-state index contributed by atoms with van der Waals surface area (Å²) in [6.45, 7) is 9.31. The quantitative estimate of drug-likeness (QED) is 0.143. The largest absolute Gasteiger partial charge is 0.104 e. The Hall–Kier alpha value is -0.440. The van der Waals surface area contributed by atoms with Crippen molar-refractivity contribution in [2.75, 3.05) is 0 Å².